The molecule has 0 spiro atoms. The first kappa shape index (κ1) is 18.8. The Balaban J connectivity index is 1.39. The summed E-state index contributed by atoms with van der Waals surface area (Å²) in [6.07, 6.45) is 2.59. The van der Waals surface area contributed by atoms with Crippen LogP contribution in [0.5, 0.6) is 0 Å². The van der Waals surface area contributed by atoms with Gasteiger partial charge in [-0.3, -0.25) is 4.79 Å². The molecule has 1 saturated heterocycles. The normalized spacial score (nSPS) is 14.6. The lowest BCUT2D eigenvalue weighted by atomic mass is 10.0. The van der Waals surface area contributed by atoms with Gasteiger partial charge in [-0.05, 0) is 43.0 Å². The third-order valence-corrected chi connectivity index (χ3v) is 4.85. The third-order valence-electron chi connectivity index (χ3n) is 4.85. The van der Waals surface area contributed by atoms with Crippen molar-refractivity contribution in [1.29, 1.82) is 0 Å². The molecular formula is C21H26N4O2. The highest BCUT2D eigenvalue weighted by Gasteiger charge is 2.23. The monoisotopic (exact) mass is 366 g/mol. The number of rotatable bonds is 5. The molecule has 0 bridgehead atoms. The van der Waals surface area contributed by atoms with E-state index in [1.54, 1.807) is 4.90 Å². The summed E-state index contributed by atoms with van der Waals surface area (Å²) in [4.78, 5) is 26.3. The van der Waals surface area contributed by atoms with Gasteiger partial charge in [0.1, 0.15) is 0 Å². The molecular weight excluding hydrogens is 340 g/mol. The number of carbonyl (C=O) groups is 2. The van der Waals surface area contributed by atoms with Crippen molar-refractivity contribution in [1.82, 2.24) is 10.2 Å². The number of nitrogens with two attached hydrogens (primary N) is 1. The second-order valence-electron chi connectivity index (χ2n) is 6.82. The standard InChI is InChI=1S/C21H26N4O2/c22-19-9-5-4-6-16(19)10-11-20(26)23-18-12-14-25(15-13-18)21(27)24-17-7-2-1-3-8-17/h1-9,18H,10-15,22H2,(H,23,26)(H,24,27). The van der Waals surface area contributed by atoms with Crippen LogP contribution in [0.25, 0.3) is 0 Å². The molecule has 1 heterocycles. The minimum absolute atomic E-state index is 0.0328. The lowest BCUT2D eigenvalue weighted by Crippen LogP contribution is -2.47. The molecule has 6 heteroatoms. The van der Waals surface area contributed by atoms with Crippen LogP contribution in [0.1, 0.15) is 24.8 Å². The van der Waals surface area contributed by atoms with E-state index in [1.807, 2.05) is 54.6 Å². The van der Waals surface area contributed by atoms with Crippen LogP contribution in [0.3, 0.4) is 0 Å². The van der Waals surface area contributed by atoms with Gasteiger partial charge in [-0.25, -0.2) is 4.79 Å². The van der Waals surface area contributed by atoms with Crippen molar-refractivity contribution in [3.05, 3.63) is 60.2 Å². The smallest absolute Gasteiger partial charge is 0.321 e. The number of piperidine rings is 1. The van der Waals surface area contributed by atoms with Gasteiger partial charge in [0.2, 0.25) is 5.91 Å². The number of aryl methyl sites for hydroxylation is 1. The summed E-state index contributed by atoms with van der Waals surface area (Å²) in [6, 6.07) is 17.1. The third kappa shape index (κ3) is 5.48. The predicted octanol–water partition coefficient (Wildman–Crippen LogP) is 3.01. The zero-order valence-electron chi connectivity index (χ0n) is 15.4. The molecule has 0 aliphatic carbocycles. The number of nitrogens with one attached hydrogen (secondary N) is 2. The Bertz CT molecular complexity index is 771. The number of anilines is 2. The average Bonchev–Trinajstić information content (AvgIpc) is 2.69. The van der Waals surface area contributed by atoms with Crippen LogP contribution >= 0.6 is 0 Å². The number of nitrogen functional groups attached to an aromatic ring is 1. The Kier molecular flexibility index (Phi) is 6.30. The summed E-state index contributed by atoms with van der Waals surface area (Å²) in [6.45, 7) is 1.27. The minimum atomic E-state index is -0.0921. The lowest BCUT2D eigenvalue weighted by Gasteiger charge is -2.32. The van der Waals surface area contributed by atoms with Crippen molar-refractivity contribution in [3.63, 3.8) is 0 Å². The second kappa shape index (κ2) is 9.07. The first-order valence-electron chi connectivity index (χ1n) is 9.35. The van der Waals surface area contributed by atoms with Gasteiger partial charge in [0, 0.05) is 36.9 Å². The summed E-state index contributed by atoms with van der Waals surface area (Å²) in [5.74, 6) is 0.0328. The summed E-state index contributed by atoms with van der Waals surface area (Å²) in [5, 5.41) is 5.98. The molecule has 0 unspecified atom stereocenters. The SMILES string of the molecule is Nc1ccccc1CCC(=O)NC1CCN(C(=O)Nc2ccccc2)CC1. The van der Waals surface area contributed by atoms with Crippen LogP contribution in [0, 0.1) is 0 Å². The van der Waals surface area contributed by atoms with Gasteiger partial charge in [-0.15, -0.1) is 0 Å². The minimum Gasteiger partial charge on any atom is -0.399 e. The Hall–Kier alpha value is -3.02. The average molecular weight is 366 g/mol. The van der Waals surface area contributed by atoms with Gasteiger partial charge >= 0.3 is 6.03 Å². The van der Waals surface area contributed by atoms with Gasteiger partial charge in [-0.2, -0.15) is 0 Å². The first-order valence-corrected chi connectivity index (χ1v) is 9.35. The lowest BCUT2D eigenvalue weighted by molar-refractivity contribution is -0.122. The van der Waals surface area contributed by atoms with Crippen LogP contribution in [0.15, 0.2) is 54.6 Å². The Morgan fingerprint density at radius 3 is 2.37 bits per heavy atom. The van der Waals surface area contributed by atoms with E-state index in [4.69, 9.17) is 5.73 Å². The van der Waals surface area contributed by atoms with E-state index in [2.05, 4.69) is 10.6 Å². The predicted molar refractivity (Wildman–Crippen MR) is 107 cm³/mol. The molecule has 142 valence electrons. The maximum Gasteiger partial charge on any atom is 0.321 e. The molecule has 1 fully saturated rings. The fourth-order valence-corrected chi connectivity index (χ4v) is 3.26. The van der Waals surface area contributed by atoms with E-state index in [9.17, 15) is 9.59 Å². The van der Waals surface area contributed by atoms with Crippen molar-refractivity contribution in [2.24, 2.45) is 0 Å². The van der Waals surface area contributed by atoms with Crippen LogP contribution in [-0.2, 0) is 11.2 Å². The van der Waals surface area contributed by atoms with Crippen molar-refractivity contribution in [2.75, 3.05) is 24.1 Å². The molecule has 3 rings (SSSR count). The van der Waals surface area contributed by atoms with Crippen molar-refractivity contribution >= 4 is 23.3 Å². The Morgan fingerprint density at radius 2 is 1.67 bits per heavy atom. The number of para-hydroxylation sites is 2. The van der Waals surface area contributed by atoms with Gasteiger partial charge in [0.05, 0.1) is 0 Å². The highest BCUT2D eigenvalue weighted by Crippen LogP contribution is 2.15. The highest BCUT2D eigenvalue weighted by atomic mass is 16.2. The van der Waals surface area contributed by atoms with Crippen LogP contribution in [0.4, 0.5) is 16.2 Å². The van der Waals surface area contributed by atoms with Crippen molar-refractivity contribution in [3.8, 4) is 0 Å². The maximum atomic E-state index is 12.3. The topological polar surface area (TPSA) is 87.5 Å². The van der Waals surface area contributed by atoms with Gasteiger partial charge in [0.25, 0.3) is 0 Å². The fraction of sp³-hybridized carbons (Fsp3) is 0.333. The van der Waals surface area contributed by atoms with Crippen LogP contribution < -0.4 is 16.4 Å². The van der Waals surface area contributed by atoms with Crippen LogP contribution in [-0.4, -0.2) is 36.0 Å². The largest absolute Gasteiger partial charge is 0.399 e. The molecule has 2 aromatic carbocycles. The number of benzene rings is 2. The first-order chi connectivity index (χ1) is 13.1. The van der Waals surface area contributed by atoms with E-state index >= 15 is 0 Å². The Labute approximate surface area is 159 Å². The number of hydrogen-bond acceptors (Lipinski definition) is 3. The summed E-state index contributed by atoms with van der Waals surface area (Å²) < 4.78 is 0. The van der Waals surface area contributed by atoms with E-state index < -0.39 is 0 Å². The molecule has 0 atom stereocenters. The van der Waals surface area contributed by atoms with Gasteiger partial charge < -0.3 is 21.3 Å². The zero-order chi connectivity index (χ0) is 19.1. The van der Waals surface area contributed by atoms with E-state index in [1.165, 1.54) is 0 Å². The van der Waals surface area contributed by atoms with Crippen molar-refractivity contribution < 1.29 is 9.59 Å². The fourth-order valence-electron chi connectivity index (χ4n) is 3.26. The molecule has 4 N–H and O–H groups in total. The van der Waals surface area contributed by atoms with Crippen molar-refractivity contribution in [2.45, 2.75) is 31.7 Å². The molecule has 1 aliphatic rings. The summed E-state index contributed by atoms with van der Waals surface area (Å²) in [5.41, 5.74) is 8.43. The molecule has 6 nitrogen and oxygen atoms in total. The van der Waals surface area contributed by atoms with E-state index in [0.717, 1.165) is 29.8 Å². The highest BCUT2D eigenvalue weighted by molar-refractivity contribution is 5.89. The molecule has 0 radical (unpaired) electrons. The molecule has 27 heavy (non-hydrogen) atoms. The zero-order valence-corrected chi connectivity index (χ0v) is 15.4. The van der Waals surface area contributed by atoms with E-state index in [-0.39, 0.29) is 18.0 Å². The number of likely N-dealkylation sites (tertiary alicyclic amines) is 1. The van der Waals surface area contributed by atoms with Gasteiger partial charge in [0.15, 0.2) is 0 Å². The summed E-state index contributed by atoms with van der Waals surface area (Å²) >= 11 is 0. The quantitative estimate of drug-likeness (QED) is 0.711. The van der Waals surface area contributed by atoms with E-state index in [0.29, 0.717) is 25.9 Å². The number of hydrogen-bond donors (Lipinski definition) is 3. The number of nitrogens with zero attached hydrogens (tertiary/aromatic N) is 1. The second-order valence-corrected chi connectivity index (χ2v) is 6.82. The maximum absolute atomic E-state index is 12.3. The van der Waals surface area contributed by atoms with Gasteiger partial charge in [-0.1, -0.05) is 36.4 Å². The summed E-state index contributed by atoms with van der Waals surface area (Å²) in [7, 11) is 0. The Morgan fingerprint density at radius 1 is 1.00 bits per heavy atom. The molecule has 0 saturated carbocycles. The number of amides is 3. The van der Waals surface area contributed by atoms with Crippen LogP contribution in [0.2, 0.25) is 0 Å². The molecule has 0 aromatic heterocycles. The molecule has 1 aliphatic heterocycles. The number of carbonyl (C=O) groups excluding carboxylic acids is 2. The number of urea groups is 1. The molecule has 3 amide bonds. The molecule has 2 aromatic rings.